The Hall–Kier alpha value is 0.270. The molecular weight excluding hydrogens is 182 g/mol. The summed E-state index contributed by atoms with van der Waals surface area (Å²) in [6.07, 6.45) is 1.25. The van der Waals surface area contributed by atoms with Gasteiger partial charge < -0.3 is 4.74 Å². The van der Waals surface area contributed by atoms with Crippen molar-refractivity contribution in [3.05, 3.63) is 0 Å². The molecule has 13 heavy (non-hydrogen) atoms. The van der Waals surface area contributed by atoms with Crippen LogP contribution in [0.5, 0.6) is 0 Å². The lowest BCUT2D eigenvalue weighted by Crippen LogP contribution is -2.43. The molecule has 0 aromatic rings. The third-order valence-corrected chi connectivity index (χ3v) is 2.02. The Kier molecular flexibility index (Phi) is 12.5. The van der Waals surface area contributed by atoms with Crippen LogP contribution in [0, 0.1) is 0 Å². The fourth-order valence-electron chi connectivity index (χ4n) is 1.38. The molecule has 0 N–H and O–H groups in total. The van der Waals surface area contributed by atoms with E-state index in [1.54, 1.807) is 0 Å². The van der Waals surface area contributed by atoms with Crippen molar-refractivity contribution in [2.75, 3.05) is 26.3 Å². The summed E-state index contributed by atoms with van der Waals surface area (Å²) in [7, 11) is 0. The maximum atomic E-state index is 5.32. The fourth-order valence-corrected chi connectivity index (χ4v) is 1.38. The van der Waals surface area contributed by atoms with E-state index >= 15 is 0 Å². The zero-order valence-electron chi connectivity index (χ0n) is 9.47. The van der Waals surface area contributed by atoms with Gasteiger partial charge in [0.05, 0.1) is 13.2 Å². The van der Waals surface area contributed by atoms with Gasteiger partial charge in [0, 0.05) is 12.6 Å². The van der Waals surface area contributed by atoms with Crippen molar-refractivity contribution in [2.24, 2.45) is 0 Å². The monoisotopic (exact) mass is 207 g/mol. The van der Waals surface area contributed by atoms with Crippen molar-refractivity contribution in [3.63, 3.8) is 0 Å². The number of hydrogen-bond donors (Lipinski definition) is 0. The lowest BCUT2D eigenvalue weighted by atomic mass is 10.2. The Morgan fingerprint density at radius 3 is 2.46 bits per heavy atom. The SMILES string of the molecule is CC.CCCN1CCOC[C@@H]1C.S. The molecule has 0 spiro atoms. The van der Waals surface area contributed by atoms with Crippen molar-refractivity contribution >= 4 is 13.5 Å². The predicted octanol–water partition coefficient (Wildman–Crippen LogP) is 2.26. The average molecular weight is 207 g/mol. The minimum atomic E-state index is 0. The number of morpholine rings is 1. The van der Waals surface area contributed by atoms with Gasteiger partial charge in [0.2, 0.25) is 0 Å². The van der Waals surface area contributed by atoms with Crippen LogP contribution in [0.1, 0.15) is 34.1 Å². The molecule has 1 atom stereocenters. The van der Waals surface area contributed by atoms with Crippen LogP contribution in [-0.2, 0) is 4.74 Å². The highest BCUT2D eigenvalue weighted by molar-refractivity contribution is 7.59. The Morgan fingerprint density at radius 2 is 2.00 bits per heavy atom. The molecule has 0 bridgehead atoms. The van der Waals surface area contributed by atoms with Crippen molar-refractivity contribution in [3.8, 4) is 0 Å². The summed E-state index contributed by atoms with van der Waals surface area (Å²) < 4.78 is 5.32. The predicted molar refractivity (Wildman–Crippen MR) is 63.9 cm³/mol. The first kappa shape index (κ1) is 15.7. The molecule has 1 fully saturated rings. The molecule has 0 aliphatic carbocycles. The van der Waals surface area contributed by atoms with Gasteiger partial charge in [-0.05, 0) is 19.9 Å². The van der Waals surface area contributed by atoms with Crippen LogP contribution in [-0.4, -0.2) is 37.2 Å². The van der Waals surface area contributed by atoms with E-state index in [9.17, 15) is 0 Å². The van der Waals surface area contributed by atoms with Gasteiger partial charge in [0.25, 0.3) is 0 Å². The van der Waals surface area contributed by atoms with E-state index in [0.717, 1.165) is 19.8 Å². The summed E-state index contributed by atoms with van der Waals surface area (Å²) in [6, 6.07) is 0.633. The third-order valence-electron chi connectivity index (χ3n) is 2.02. The minimum Gasteiger partial charge on any atom is -0.379 e. The van der Waals surface area contributed by atoms with Crippen molar-refractivity contribution in [1.29, 1.82) is 0 Å². The minimum absolute atomic E-state index is 0. The maximum absolute atomic E-state index is 5.32. The summed E-state index contributed by atoms with van der Waals surface area (Å²) in [5.41, 5.74) is 0. The van der Waals surface area contributed by atoms with Gasteiger partial charge in [-0.3, -0.25) is 4.90 Å². The zero-order valence-corrected chi connectivity index (χ0v) is 10.5. The van der Waals surface area contributed by atoms with Gasteiger partial charge in [-0.15, -0.1) is 0 Å². The summed E-state index contributed by atoms with van der Waals surface area (Å²) >= 11 is 0. The molecule has 1 rings (SSSR count). The molecule has 82 valence electrons. The summed E-state index contributed by atoms with van der Waals surface area (Å²) in [6.45, 7) is 12.6. The molecule has 0 unspecified atom stereocenters. The van der Waals surface area contributed by atoms with Gasteiger partial charge in [0.15, 0.2) is 0 Å². The molecule has 1 aliphatic heterocycles. The fraction of sp³-hybridized carbons (Fsp3) is 1.00. The first-order valence-electron chi connectivity index (χ1n) is 5.16. The molecule has 0 radical (unpaired) electrons. The van der Waals surface area contributed by atoms with Crippen LogP contribution >= 0.6 is 13.5 Å². The molecule has 2 nitrogen and oxygen atoms in total. The van der Waals surface area contributed by atoms with Gasteiger partial charge in [-0.2, -0.15) is 13.5 Å². The number of ether oxygens (including phenoxy) is 1. The molecule has 1 heterocycles. The highest BCUT2D eigenvalue weighted by Gasteiger charge is 2.16. The van der Waals surface area contributed by atoms with Gasteiger partial charge in [-0.25, -0.2) is 0 Å². The van der Waals surface area contributed by atoms with Crippen LogP contribution in [0.25, 0.3) is 0 Å². The van der Waals surface area contributed by atoms with Crippen molar-refractivity contribution in [2.45, 2.75) is 40.2 Å². The average Bonchev–Trinajstić information content (AvgIpc) is 2.13. The topological polar surface area (TPSA) is 12.5 Å². The summed E-state index contributed by atoms with van der Waals surface area (Å²) in [5.74, 6) is 0. The highest BCUT2D eigenvalue weighted by atomic mass is 32.1. The quantitative estimate of drug-likeness (QED) is 0.688. The van der Waals surface area contributed by atoms with Crippen LogP contribution in [0.4, 0.5) is 0 Å². The lowest BCUT2D eigenvalue weighted by molar-refractivity contribution is -0.0000899. The first-order valence-corrected chi connectivity index (χ1v) is 5.16. The Morgan fingerprint density at radius 1 is 1.38 bits per heavy atom. The Labute approximate surface area is 90.1 Å². The molecule has 1 aliphatic rings. The van der Waals surface area contributed by atoms with Crippen LogP contribution in [0.2, 0.25) is 0 Å². The lowest BCUT2D eigenvalue weighted by Gasteiger charge is -2.32. The largest absolute Gasteiger partial charge is 0.379 e. The zero-order chi connectivity index (χ0) is 9.40. The third kappa shape index (κ3) is 6.36. The Bertz CT molecular complexity index is 98.9. The van der Waals surface area contributed by atoms with E-state index in [1.165, 1.54) is 13.0 Å². The van der Waals surface area contributed by atoms with Gasteiger partial charge in [-0.1, -0.05) is 20.8 Å². The van der Waals surface area contributed by atoms with Crippen molar-refractivity contribution in [1.82, 2.24) is 4.90 Å². The van der Waals surface area contributed by atoms with E-state index in [0.29, 0.717) is 6.04 Å². The second-order valence-corrected chi connectivity index (χ2v) is 2.96. The molecular formula is C10H25NOS. The standard InChI is InChI=1S/C8H17NO.C2H6.H2S/c1-3-4-9-5-6-10-7-8(9)2;1-2;/h8H,3-7H2,1-2H3;1-2H3;1H2/t8-;;/m0../s1. The van der Waals surface area contributed by atoms with Crippen LogP contribution in [0.15, 0.2) is 0 Å². The summed E-state index contributed by atoms with van der Waals surface area (Å²) in [5, 5.41) is 0. The number of hydrogen-bond acceptors (Lipinski definition) is 2. The second-order valence-electron chi connectivity index (χ2n) is 2.96. The van der Waals surface area contributed by atoms with Gasteiger partial charge in [0.1, 0.15) is 0 Å². The van der Waals surface area contributed by atoms with Crippen molar-refractivity contribution < 1.29 is 4.74 Å². The van der Waals surface area contributed by atoms with Crippen LogP contribution in [0.3, 0.4) is 0 Å². The van der Waals surface area contributed by atoms with E-state index in [2.05, 4.69) is 18.7 Å². The molecule has 3 heteroatoms. The van der Waals surface area contributed by atoms with E-state index in [4.69, 9.17) is 4.74 Å². The highest BCUT2D eigenvalue weighted by Crippen LogP contribution is 2.05. The second kappa shape index (κ2) is 10.4. The van der Waals surface area contributed by atoms with E-state index in [-0.39, 0.29) is 13.5 Å². The molecule has 0 saturated carbocycles. The maximum Gasteiger partial charge on any atom is 0.0619 e. The molecule has 0 amide bonds. The van der Waals surface area contributed by atoms with E-state index in [1.807, 2.05) is 13.8 Å². The molecule has 0 aromatic heterocycles. The molecule has 1 saturated heterocycles. The Balaban J connectivity index is 0. The summed E-state index contributed by atoms with van der Waals surface area (Å²) in [4.78, 5) is 2.49. The van der Waals surface area contributed by atoms with E-state index < -0.39 is 0 Å². The van der Waals surface area contributed by atoms with Gasteiger partial charge >= 0.3 is 0 Å². The first-order chi connectivity index (χ1) is 5.84. The number of rotatable bonds is 2. The van der Waals surface area contributed by atoms with Crippen LogP contribution < -0.4 is 0 Å². The number of nitrogens with zero attached hydrogens (tertiary/aromatic N) is 1. The smallest absolute Gasteiger partial charge is 0.0619 e. The molecule has 0 aromatic carbocycles. The normalized spacial score (nSPS) is 22.6.